The number of rotatable bonds is 8. The van der Waals surface area contributed by atoms with Gasteiger partial charge in [0.05, 0.1) is 25.7 Å². The number of benzene rings is 1. The van der Waals surface area contributed by atoms with Crippen molar-refractivity contribution in [1.82, 2.24) is 10.2 Å². The molecule has 1 aliphatic rings. The second-order valence-electron chi connectivity index (χ2n) is 5.54. The van der Waals surface area contributed by atoms with E-state index in [1.165, 1.54) is 30.2 Å². The molecule has 2 aromatic rings. The lowest BCUT2D eigenvalue weighted by Gasteiger charge is -2.11. The highest BCUT2D eigenvalue weighted by molar-refractivity contribution is 8.01. The van der Waals surface area contributed by atoms with E-state index in [0.29, 0.717) is 26.7 Å². The fourth-order valence-corrected chi connectivity index (χ4v) is 3.64. The molecule has 1 heterocycles. The van der Waals surface area contributed by atoms with Crippen LogP contribution >= 0.6 is 23.1 Å². The Bertz CT molecular complexity index is 807. The molecule has 0 aliphatic heterocycles. The number of carbonyl (C=O) groups excluding carboxylic acids is 2. The standard InChI is InChI=1S/C16H18N4O4S2/c1-23-10-5-6-11(12(7-10)24-2)17-13(21)8-25-16-20-19-15(26-16)18-14(22)9-3-4-9/h5-7,9H,3-4,8H2,1-2H3,(H,17,21)(H,18,19,22). The molecule has 1 aromatic carbocycles. The third-order valence-electron chi connectivity index (χ3n) is 3.59. The highest BCUT2D eigenvalue weighted by Gasteiger charge is 2.30. The molecule has 10 heteroatoms. The molecule has 2 N–H and O–H groups in total. The van der Waals surface area contributed by atoms with Gasteiger partial charge >= 0.3 is 0 Å². The molecule has 3 rings (SSSR count). The van der Waals surface area contributed by atoms with Gasteiger partial charge in [0.1, 0.15) is 11.5 Å². The summed E-state index contributed by atoms with van der Waals surface area (Å²) in [5, 5.41) is 13.9. The predicted octanol–water partition coefficient (Wildman–Crippen LogP) is 2.63. The second kappa shape index (κ2) is 8.37. The zero-order chi connectivity index (χ0) is 18.5. The fourth-order valence-electron chi connectivity index (χ4n) is 2.09. The Morgan fingerprint density at radius 3 is 2.73 bits per heavy atom. The summed E-state index contributed by atoms with van der Waals surface area (Å²) in [6.45, 7) is 0. The highest BCUT2D eigenvalue weighted by Crippen LogP contribution is 2.32. The fraction of sp³-hybridized carbons (Fsp3) is 0.375. The quantitative estimate of drug-likeness (QED) is 0.524. The van der Waals surface area contributed by atoms with E-state index in [9.17, 15) is 9.59 Å². The van der Waals surface area contributed by atoms with Crippen molar-refractivity contribution < 1.29 is 19.1 Å². The molecule has 0 atom stereocenters. The van der Waals surface area contributed by atoms with Crippen molar-refractivity contribution in [2.45, 2.75) is 17.2 Å². The Hall–Kier alpha value is -2.33. The highest BCUT2D eigenvalue weighted by atomic mass is 32.2. The first-order chi connectivity index (χ1) is 12.6. The van der Waals surface area contributed by atoms with Crippen LogP contribution in [0.4, 0.5) is 10.8 Å². The summed E-state index contributed by atoms with van der Waals surface area (Å²) in [4.78, 5) is 23.9. The summed E-state index contributed by atoms with van der Waals surface area (Å²) < 4.78 is 11.0. The maximum absolute atomic E-state index is 12.2. The summed E-state index contributed by atoms with van der Waals surface area (Å²) >= 11 is 2.51. The summed E-state index contributed by atoms with van der Waals surface area (Å²) in [6, 6.07) is 5.16. The Labute approximate surface area is 158 Å². The molecule has 0 unspecified atom stereocenters. The molecule has 8 nitrogen and oxygen atoms in total. The summed E-state index contributed by atoms with van der Waals surface area (Å²) in [5.41, 5.74) is 0.563. The summed E-state index contributed by atoms with van der Waals surface area (Å²) in [6.07, 6.45) is 1.86. The third kappa shape index (κ3) is 4.85. The van der Waals surface area contributed by atoms with Gasteiger partial charge in [-0.25, -0.2) is 0 Å². The van der Waals surface area contributed by atoms with E-state index in [0.717, 1.165) is 12.8 Å². The first-order valence-electron chi connectivity index (χ1n) is 7.88. The van der Waals surface area contributed by atoms with E-state index in [2.05, 4.69) is 20.8 Å². The Morgan fingerprint density at radius 1 is 1.23 bits per heavy atom. The van der Waals surface area contributed by atoms with Gasteiger partial charge in [-0.2, -0.15) is 0 Å². The minimum atomic E-state index is -0.197. The normalized spacial score (nSPS) is 13.2. The Balaban J connectivity index is 1.51. The van der Waals surface area contributed by atoms with Crippen LogP contribution in [0.2, 0.25) is 0 Å². The molecular weight excluding hydrogens is 376 g/mol. The lowest BCUT2D eigenvalue weighted by atomic mass is 10.2. The number of anilines is 2. The van der Waals surface area contributed by atoms with Crippen LogP contribution < -0.4 is 20.1 Å². The average Bonchev–Trinajstić information content (AvgIpc) is 3.41. The van der Waals surface area contributed by atoms with Crippen LogP contribution in [-0.2, 0) is 9.59 Å². The van der Waals surface area contributed by atoms with E-state index in [4.69, 9.17) is 9.47 Å². The molecule has 138 valence electrons. The van der Waals surface area contributed by atoms with Crippen LogP contribution in [0.25, 0.3) is 0 Å². The largest absolute Gasteiger partial charge is 0.497 e. The maximum atomic E-state index is 12.2. The van der Waals surface area contributed by atoms with Gasteiger partial charge in [0, 0.05) is 12.0 Å². The van der Waals surface area contributed by atoms with Gasteiger partial charge in [-0.15, -0.1) is 10.2 Å². The summed E-state index contributed by atoms with van der Waals surface area (Å²) in [5.74, 6) is 1.23. The first-order valence-corrected chi connectivity index (χ1v) is 9.68. The number of carbonyl (C=O) groups is 2. The minimum absolute atomic E-state index is 0.0120. The second-order valence-corrected chi connectivity index (χ2v) is 7.74. The first kappa shape index (κ1) is 18.5. The molecule has 26 heavy (non-hydrogen) atoms. The lowest BCUT2D eigenvalue weighted by molar-refractivity contribution is -0.117. The number of thioether (sulfide) groups is 1. The topological polar surface area (TPSA) is 102 Å². The molecule has 2 amide bonds. The monoisotopic (exact) mass is 394 g/mol. The van der Waals surface area contributed by atoms with Gasteiger partial charge in [0.15, 0.2) is 4.34 Å². The van der Waals surface area contributed by atoms with Crippen molar-refractivity contribution in [3.8, 4) is 11.5 Å². The maximum Gasteiger partial charge on any atom is 0.234 e. The average molecular weight is 394 g/mol. The number of methoxy groups -OCH3 is 2. The van der Waals surface area contributed by atoms with E-state index >= 15 is 0 Å². The van der Waals surface area contributed by atoms with Crippen molar-refractivity contribution in [2.24, 2.45) is 5.92 Å². The van der Waals surface area contributed by atoms with E-state index in [-0.39, 0.29) is 23.5 Å². The number of hydrogen-bond acceptors (Lipinski definition) is 8. The zero-order valence-electron chi connectivity index (χ0n) is 14.3. The van der Waals surface area contributed by atoms with Crippen LogP contribution in [0.5, 0.6) is 11.5 Å². The number of ether oxygens (including phenoxy) is 2. The van der Waals surface area contributed by atoms with Crippen molar-refractivity contribution in [3.05, 3.63) is 18.2 Å². The van der Waals surface area contributed by atoms with Crippen molar-refractivity contribution in [1.29, 1.82) is 0 Å². The van der Waals surface area contributed by atoms with Crippen LogP contribution in [0.15, 0.2) is 22.5 Å². The van der Waals surface area contributed by atoms with Crippen molar-refractivity contribution in [2.75, 3.05) is 30.6 Å². The third-order valence-corrected chi connectivity index (χ3v) is 5.57. The number of amides is 2. The van der Waals surface area contributed by atoms with E-state index in [1.807, 2.05) is 0 Å². The van der Waals surface area contributed by atoms with Crippen molar-refractivity contribution >= 4 is 45.7 Å². The van der Waals surface area contributed by atoms with E-state index < -0.39 is 0 Å². The van der Waals surface area contributed by atoms with E-state index in [1.54, 1.807) is 25.3 Å². The van der Waals surface area contributed by atoms with Gasteiger partial charge in [0.25, 0.3) is 0 Å². The Kier molecular flexibility index (Phi) is 5.94. The van der Waals surface area contributed by atoms with Gasteiger partial charge in [-0.3, -0.25) is 9.59 Å². The predicted molar refractivity (Wildman–Crippen MR) is 100 cm³/mol. The molecule has 1 fully saturated rings. The van der Waals surface area contributed by atoms with Crippen molar-refractivity contribution in [3.63, 3.8) is 0 Å². The lowest BCUT2D eigenvalue weighted by Crippen LogP contribution is -2.14. The molecule has 0 bridgehead atoms. The van der Waals surface area contributed by atoms with Gasteiger partial charge < -0.3 is 20.1 Å². The van der Waals surface area contributed by atoms with Crippen LogP contribution in [0.3, 0.4) is 0 Å². The number of aromatic nitrogens is 2. The molecular formula is C16H18N4O4S2. The smallest absolute Gasteiger partial charge is 0.234 e. The zero-order valence-corrected chi connectivity index (χ0v) is 15.9. The van der Waals surface area contributed by atoms with Crippen LogP contribution in [0, 0.1) is 5.92 Å². The van der Waals surface area contributed by atoms with Crippen LogP contribution in [0.1, 0.15) is 12.8 Å². The molecule has 1 aromatic heterocycles. The Morgan fingerprint density at radius 2 is 2.04 bits per heavy atom. The molecule has 0 saturated heterocycles. The summed E-state index contributed by atoms with van der Waals surface area (Å²) in [7, 11) is 3.09. The molecule has 1 saturated carbocycles. The van der Waals surface area contributed by atoms with Gasteiger partial charge in [0.2, 0.25) is 16.9 Å². The SMILES string of the molecule is COc1ccc(NC(=O)CSc2nnc(NC(=O)C3CC3)s2)c(OC)c1. The number of nitrogens with zero attached hydrogens (tertiary/aromatic N) is 2. The van der Waals surface area contributed by atoms with Gasteiger partial charge in [-0.1, -0.05) is 23.1 Å². The molecule has 0 radical (unpaired) electrons. The number of nitrogens with one attached hydrogen (secondary N) is 2. The van der Waals surface area contributed by atoms with Crippen LogP contribution in [-0.4, -0.2) is 42.0 Å². The molecule has 1 aliphatic carbocycles. The van der Waals surface area contributed by atoms with Gasteiger partial charge in [-0.05, 0) is 25.0 Å². The number of hydrogen-bond donors (Lipinski definition) is 2. The minimum Gasteiger partial charge on any atom is -0.497 e. The molecule has 0 spiro atoms.